The van der Waals surface area contributed by atoms with Gasteiger partial charge in [-0.05, 0) is 5.92 Å². The molecular weight excluding hydrogens is 378 g/mol. The molecule has 0 rings (SSSR count). The Morgan fingerprint density at radius 3 is 1.79 bits per heavy atom. The summed E-state index contributed by atoms with van der Waals surface area (Å²) in [5.41, 5.74) is 10.1. The number of carboxylic acid groups (broad SMARTS) is 2. The molecule has 0 aromatic rings. The molecule has 0 bridgehead atoms. The molecule has 0 aliphatic rings. The molecule has 28 heavy (non-hydrogen) atoms. The molecule has 0 aliphatic heterocycles. The summed E-state index contributed by atoms with van der Waals surface area (Å²) in [5, 5.41) is 24.4. The highest BCUT2D eigenvalue weighted by molar-refractivity contribution is 5.96. The number of rotatable bonds is 12. The number of aliphatic carboxylic acids is 2. The minimum absolute atomic E-state index is 0.386. The van der Waals surface area contributed by atoms with E-state index in [1.165, 1.54) is 0 Å². The molecule has 0 radical (unpaired) electrons. The lowest BCUT2D eigenvalue weighted by molar-refractivity contribution is -0.145. The number of carbonyl (C=O) groups is 6. The van der Waals surface area contributed by atoms with Gasteiger partial charge in [0.05, 0.1) is 19.4 Å². The lowest BCUT2D eigenvalue weighted by Crippen LogP contribution is -2.58. The third kappa shape index (κ3) is 8.93. The number of carboxylic acids is 2. The second-order valence-corrected chi connectivity index (χ2v) is 6.22. The van der Waals surface area contributed by atoms with E-state index in [0.717, 1.165) is 0 Å². The highest BCUT2D eigenvalue weighted by Gasteiger charge is 2.32. The van der Waals surface area contributed by atoms with Crippen molar-refractivity contribution in [1.29, 1.82) is 0 Å². The Labute approximate surface area is 160 Å². The molecule has 13 heteroatoms. The monoisotopic (exact) mass is 403 g/mol. The maximum Gasteiger partial charge on any atom is 0.326 e. The van der Waals surface area contributed by atoms with Crippen LogP contribution in [0.3, 0.4) is 0 Å². The predicted octanol–water partition coefficient (Wildman–Crippen LogP) is -3.51. The molecule has 3 atom stereocenters. The van der Waals surface area contributed by atoms with Gasteiger partial charge in [0.1, 0.15) is 18.1 Å². The van der Waals surface area contributed by atoms with Crippen molar-refractivity contribution in [3.63, 3.8) is 0 Å². The lowest BCUT2D eigenvalue weighted by Gasteiger charge is -2.25. The van der Waals surface area contributed by atoms with Crippen LogP contribution in [0.4, 0.5) is 0 Å². The minimum atomic E-state index is -1.70. The predicted molar refractivity (Wildman–Crippen MR) is 93.4 cm³/mol. The third-order valence-corrected chi connectivity index (χ3v) is 3.48. The maximum absolute atomic E-state index is 12.4. The van der Waals surface area contributed by atoms with Crippen molar-refractivity contribution < 1.29 is 39.0 Å². The van der Waals surface area contributed by atoms with Crippen LogP contribution in [-0.2, 0) is 28.8 Å². The van der Waals surface area contributed by atoms with Crippen LogP contribution < -0.4 is 27.4 Å². The van der Waals surface area contributed by atoms with Gasteiger partial charge in [-0.15, -0.1) is 0 Å². The van der Waals surface area contributed by atoms with Gasteiger partial charge in [-0.25, -0.2) is 4.79 Å². The van der Waals surface area contributed by atoms with Crippen molar-refractivity contribution in [3.05, 3.63) is 0 Å². The van der Waals surface area contributed by atoms with Crippen LogP contribution >= 0.6 is 0 Å². The number of carbonyl (C=O) groups excluding carboxylic acids is 4. The molecular formula is C15H25N5O8. The van der Waals surface area contributed by atoms with Gasteiger partial charge >= 0.3 is 11.9 Å². The van der Waals surface area contributed by atoms with Crippen LogP contribution in [0.1, 0.15) is 26.7 Å². The normalized spacial score (nSPS) is 13.7. The van der Waals surface area contributed by atoms with E-state index < -0.39 is 72.5 Å². The molecule has 158 valence electrons. The Bertz CT molecular complexity index is 636. The van der Waals surface area contributed by atoms with Crippen LogP contribution in [0.2, 0.25) is 0 Å². The third-order valence-electron chi connectivity index (χ3n) is 3.48. The topological polar surface area (TPSA) is 231 Å². The SMILES string of the molecule is CC(C)C(NC(=O)CN)C(=O)NC(CC(=O)O)C(=O)NC(CC(N)=O)C(=O)O. The van der Waals surface area contributed by atoms with Gasteiger partial charge in [0, 0.05) is 0 Å². The van der Waals surface area contributed by atoms with Crippen molar-refractivity contribution in [2.75, 3.05) is 6.54 Å². The number of amides is 4. The molecule has 0 heterocycles. The first-order chi connectivity index (χ1) is 12.9. The maximum atomic E-state index is 12.4. The molecule has 0 aliphatic carbocycles. The largest absolute Gasteiger partial charge is 0.481 e. The van der Waals surface area contributed by atoms with E-state index in [9.17, 15) is 28.8 Å². The van der Waals surface area contributed by atoms with Gasteiger partial charge in [-0.1, -0.05) is 13.8 Å². The van der Waals surface area contributed by atoms with E-state index in [4.69, 9.17) is 21.7 Å². The molecule has 0 spiro atoms. The Morgan fingerprint density at radius 1 is 0.857 bits per heavy atom. The van der Waals surface area contributed by atoms with Gasteiger partial charge in [0.15, 0.2) is 0 Å². The average molecular weight is 403 g/mol. The Hall–Kier alpha value is -3.22. The zero-order chi connectivity index (χ0) is 22.0. The summed E-state index contributed by atoms with van der Waals surface area (Å²) >= 11 is 0. The molecule has 9 N–H and O–H groups in total. The Morgan fingerprint density at radius 2 is 1.39 bits per heavy atom. The Kier molecular flexibility index (Phi) is 10.2. The van der Waals surface area contributed by atoms with E-state index in [1.807, 2.05) is 5.32 Å². The fourth-order valence-corrected chi connectivity index (χ4v) is 2.09. The summed E-state index contributed by atoms with van der Waals surface area (Å²) in [6.45, 7) is 2.81. The Balaban J connectivity index is 5.37. The summed E-state index contributed by atoms with van der Waals surface area (Å²) in [7, 11) is 0. The van der Waals surface area contributed by atoms with Crippen LogP contribution in [0, 0.1) is 5.92 Å². The second-order valence-electron chi connectivity index (χ2n) is 6.22. The highest BCUT2D eigenvalue weighted by atomic mass is 16.4. The van der Waals surface area contributed by atoms with Crippen LogP contribution in [-0.4, -0.2) is 70.5 Å². The second kappa shape index (κ2) is 11.5. The summed E-state index contributed by atoms with van der Waals surface area (Å²) in [4.78, 5) is 69.1. The zero-order valence-electron chi connectivity index (χ0n) is 15.4. The molecule has 0 aromatic carbocycles. The van der Waals surface area contributed by atoms with Crippen molar-refractivity contribution in [2.45, 2.75) is 44.8 Å². The first-order valence-corrected chi connectivity index (χ1v) is 8.22. The summed E-state index contributed by atoms with van der Waals surface area (Å²) in [6, 6.07) is -4.46. The fourth-order valence-electron chi connectivity index (χ4n) is 2.09. The molecule has 0 fully saturated rings. The summed E-state index contributed by atoms with van der Waals surface area (Å²) < 4.78 is 0. The van der Waals surface area contributed by atoms with E-state index in [2.05, 4.69) is 10.6 Å². The molecule has 4 amide bonds. The number of primary amides is 1. The quantitative estimate of drug-likeness (QED) is 0.171. The van der Waals surface area contributed by atoms with E-state index in [-0.39, 0.29) is 6.54 Å². The number of hydrogen-bond acceptors (Lipinski definition) is 7. The molecule has 0 saturated carbocycles. The lowest BCUT2D eigenvalue weighted by atomic mass is 10.0. The van der Waals surface area contributed by atoms with Gasteiger partial charge in [0.2, 0.25) is 23.6 Å². The smallest absolute Gasteiger partial charge is 0.326 e. The molecule has 3 unspecified atom stereocenters. The van der Waals surface area contributed by atoms with Crippen molar-refractivity contribution in [2.24, 2.45) is 17.4 Å². The summed E-state index contributed by atoms with van der Waals surface area (Å²) in [5.74, 6) is -7.09. The molecule has 13 nitrogen and oxygen atoms in total. The number of nitrogens with one attached hydrogen (secondary N) is 3. The fraction of sp³-hybridized carbons (Fsp3) is 0.600. The number of nitrogens with two attached hydrogens (primary N) is 2. The average Bonchev–Trinajstić information content (AvgIpc) is 2.56. The summed E-state index contributed by atoms with van der Waals surface area (Å²) in [6.07, 6.45) is -1.59. The standard InChI is InChI=1S/C15H25N5O8/c1-6(2)12(20-10(22)5-16)14(26)18-7(4-11(23)24)13(25)19-8(15(27)28)3-9(17)21/h6-8,12H,3-5,16H2,1-2H3,(H2,17,21)(H,18,26)(H,19,25)(H,20,22)(H,23,24)(H,27,28). The van der Waals surface area contributed by atoms with Gasteiger partial charge in [0.25, 0.3) is 0 Å². The number of hydrogen-bond donors (Lipinski definition) is 7. The molecule has 0 aromatic heterocycles. The van der Waals surface area contributed by atoms with Gasteiger partial charge < -0.3 is 37.6 Å². The van der Waals surface area contributed by atoms with Crippen LogP contribution in [0.15, 0.2) is 0 Å². The van der Waals surface area contributed by atoms with E-state index in [0.29, 0.717) is 0 Å². The van der Waals surface area contributed by atoms with Crippen LogP contribution in [0.25, 0.3) is 0 Å². The minimum Gasteiger partial charge on any atom is -0.481 e. The molecule has 0 saturated heterocycles. The van der Waals surface area contributed by atoms with Crippen molar-refractivity contribution in [3.8, 4) is 0 Å². The zero-order valence-corrected chi connectivity index (χ0v) is 15.4. The van der Waals surface area contributed by atoms with E-state index >= 15 is 0 Å². The highest BCUT2D eigenvalue weighted by Crippen LogP contribution is 2.04. The first-order valence-electron chi connectivity index (χ1n) is 8.22. The first kappa shape index (κ1) is 24.8. The van der Waals surface area contributed by atoms with Gasteiger partial charge in [-0.3, -0.25) is 24.0 Å². The van der Waals surface area contributed by atoms with Gasteiger partial charge in [-0.2, -0.15) is 0 Å². The van der Waals surface area contributed by atoms with E-state index in [1.54, 1.807) is 13.8 Å². The van der Waals surface area contributed by atoms with Crippen molar-refractivity contribution >= 4 is 35.6 Å². The van der Waals surface area contributed by atoms with Crippen LogP contribution in [0.5, 0.6) is 0 Å². The van der Waals surface area contributed by atoms with Crippen molar-refractivity contribution in [1.82, 2.24) is 16.0 Å².